The van der Waals surface area contributed by atoms with Crippen molar-refractivity contribution in [2.24, 2.45) is 0 Å². The first-order valence-electron chi connectivity index (χ1n) is 5.09. The van der Waals surface area contributed by atoms with E-state index in [9.17, 15) is 5.11 Å². The predicted octanol–water partition coefficient (Wildman–Crippen LogP) is 1.80. The number of rotatable bonds is 1. The van der Waals surface area contributed by atoms with E-state index < -0.39 is 5.60 Å². The van der Waals surface area contributed by atoms with E-state index in [-0.39, 0.29) is 0 Å². The Bertz CT molecular complexity index is 196. The summed E-state index contributed by atoms with van der Waals surface area (Å²) in [6.45, 7) is 6.21. The molecule has 1 rings (SSSR count). The minimum absolute atomic E-state index is 0.538. The van der Waals surface area contributed by atoms with Gasteiger partial charge in [-0.05, 0) is 46.7 Å². The molecule has 76 valence electrons. The summed E-state index contributed by atoms with van der Waals surface area (Å²) in [6.07, 6.45) is 4.89. The highest BCUT2D eigenvalue weighted by atomic mass is 16.3. The Kier molecular flexibility index (Phi) is 3.51. The van der Waals surface area contributed by atoms with Gasteiger partial charge in [0.15, 0.2) is 0 Å². The van der Waals surface area contributed by atoms with Gasteiger partial charge in [0.2, 0.25) is 0 Å². The monoisotopic (exact) mass is 183 g/mol. The van der Waals surface area contributed by atoms with Gasteiger partial charge >= 0.3 is 0 Å². The zero-order valence-electron chi connectivity index (χ0n) is 9.01. The van der Waals surface area contributed by atoms with Crippen molar-refractivity contribution in [1.29, 1.82) is 0 Å². The quantitative estimate of drug-likeness (QED) is 0.627. The summed E-state index contributed by atoms with van der Waals surface area (Å²) in [5, 5.41) is 10.2. The van der Waals surface area contributed by atoms with Crippen molar-refractivity contribution in [2.45, 2.75) is 38.7 Å². The molecule has 1 aliphatic rings. The van der Waals surface area contributed by atoms with Crippen LogP contribution >= 0.6 is 0 Å². The van der Waals surface area contributed by atoms with Crippen LogP contribution in [0.25, 0.3) is 0 Å². The number of allylic oxidation sites excluding steroid dienone is 1. The largest absolute Gasteiger partial charge is 0.386 e. The van der Waals surface area contributed by atoms with Gasteiger partial charge in [0.25, 0.3) is 0 Å². The van der Waals surface area contributed by atoms with Gasteiger partial charge < -0.3 is 10.0 Å². The molecule has 1 saturated heterocycles. The van der Waals surface area contributed by atoms with E-state index in [0.29, 0.717) is 0 Å². The zero-order valence-corrected chi connectivity index (χ0v) is 9.01. The van der Waals surface area contributed by atoms with Crippen LogP contribution in [0.3, 0.4) is 0 Å². The van der Waals surface area contributed by atoms with E-state index in [1.54, 1.807) is 0 Å². The molecule has 2 heteroatoms. The molecular weight excluding hydrogens is 162 g/mol. The summed E-state index contributed by atoms with van der Waals surface area (Å²) in [5.41, 5.74) is 0.677. The molecule has 0 aromatic heterocycles. The maximum absolute atomic E-state index is 10.2. The molecule has 0 spiro atoms. The maximum atomic E-state index is 10.2. The highest BCUT2D eigenvalue weighted by molar-refractivity contribution is 5.07. The number of likely N-dealkylation sites (tertiary alicyclic amines) is 1. The lowest BCUT2D eigenvalue weighted by Gasteiger charge is -2.23. The van der Waals surface area contributed by atoms with Crippen molar-refractivity contribution >= 4 is 0 Å². The smallest absolute Gasteiger partial charge is 0.0842 e. The highest BCUT2D eigenvalue weighted by Gasteiger charge is 2.26. The summed E-state index contributed by atoms with van der Waals surface area (Å²) < 4.78 is 0. The van der Waals surface area contributed by atoms with Crippen LogP contribution in [-0.4, -0.2) is 35.7 Å². The van der Waals surface area contributed by atoms with E-state index in [0.717, 1.165) is 32.4 Å². The first-order chi connectivity index (χ1) is 6.02. The van der Waals surface area contributed by atoms with Gasteiger partial charge in [-0.25, -0.2) is 0 Å². The van der Waals surface area contributed by atoms with Crippen LogP contribution in [0.15, 0.2) is 11.6 Å². The van der Waals surface area contributed by atoms with Gasteiger partial charge in [-0.3, -0.25) is 0 Å². The van der Waals surface area contributed by atoms with Gasteiger partial charge in [0.1, 0.15) is 0 Å². The number of hydrogen-bond acceptors (Lipinski definition) is 2. The minimum atomic E-state index is -0.538. The van der Waals surface area contributed by atoms with Crippen molar-refractivity contribution < 1.29 is 5.11 Å². The zero-order chi connectivity index (χ0) is 9.90. The van der Waals surface area contributed by atoms with Crippen molar-refractivity contribution in [2.75, 3.05) is 20.1 Å². The molecule has 0 bridgehead atoms. The maximum Gasteiger partial charge on any atom is 0.0842 e. The summed E-state index contributed by atoms with van der Waals surface area (Å²) in [7, 11) is 2.12. The Morgan fingerprint density at radius 2 is 2.00 bits per heavy atom. The topological polar surface area (TPSA) is 23.5 Å². The highest BCUT2D eigenvalue weighted by Crippen LogP contribution is 2.24. The van der Waals surface area contributed by atoms with E-state index in [1.807, 2.05) is 19.9 Å². The van der Waals surface area contributed by atoms with Gasteiger partial charge in [-0.15, -0.1) is 0 Å². The summed E-state index contributed by atoms with van der Waals surface area (Å²) >= 11 is 0. The molecule has 1 aliphatic heterocycles. The lowest BCUT2D eigenvalue weighted by molar-refractivity contribution is 0.0747. The fourth-order valence-electron chi connectivity index (χ4n) is 1.96. The van der Waals surface area contributed by atoms with Gasteiger partial charge in [-0.2, -0.15) is 0 Å². The second-order valence-electron chi connectivity index (χ2n) is 4.48. The second kappa shape index (κ2) is 4.25. The molecule has 1 unspecified atom stereocenters. The molecule has 0 aliphatic carbocycles. The molecule has 13 heavy (non-hydrogen) atoms. The van der Waals surface area contributed by atoms with E-state index in [2.05, 4.69) is 11.9 Å². The molecule has 0 radical (unpaired) electrons. The first kappa shape index (κ1) is 10.7. The normalized spacial score (nSPS) is 31.1. The van der Waals surface area contributed by atoms with Gasteiger partial charge in [-0.1, -0.05) is 11.6 Å². The molecule has 1 fully saturated rings. The number of hydrogen-bond donors (Lipinski definition) is 1. The van der Waals surface area contributed by atoms with E-state index >= 15 is 0 Å². The Balaban J connectivity index is 2.62. The third-order valence-corrected chi connectivity index (χ3v) is 2.63. The van der Waals surface area contributed by atoms with Crippen LogP contribution in [-0.2, 0) is 0 Å². The van der Waals surface area contributed by atoms with Crippen LogP contribution in [0.4, 0.5) is 0 Å². The van der Waals surface area contributed by atoms with Gasteiger partial charge in [0.05, 0.1) is 5.60 Å². The molecule has 0 amide bonds. The molecule has 1 N–H and O–H groups in total. The lowest BCUT2D eigenvalue weighted by Crippen LogP contribution is -2.28. The number of nitrogens with zero attached hydrogens (tertiary/aromatic N) is 1. The van der Waals surface area contributed by atoms with Crippen molar-refractivity contribution in [3.8, 4) is 0 Å². The van der Waals surface area contributed by atoms with E-state index in [1.165, 1.54) is 5.57 Å². The Labute approximate surface area is 81.2 Å². The third kappa shape index (κ3) is 3.49. The van der Waals surface area contributed by atoms with Crippen LogP contribution in [0.2, 0.25) is 0 Å². The minimum Gasteiger partial charge on any atom is -0.386 e. The van der Waals surface area contributed by atoms with Crippen LogP contribution < -0.4 is 0 Å². The van der Waals surface area contributed by atoms with Crippen molar-refractivity contribution in [3.63, 3.8) is 0 Å². The van der Waals surface area contributed by atoms with Crippen LogP contribution in [0.1, 0.15) is 33.1 Å². The average Bonchev–Trinajstić information content (AvgIpc) is 2.12. The fraction of sp³-hybridized carbons (Fsp3) is 0.818. The molecule has 2 nitrogen and oxygen atoms in total. The Morgan fingerprint density at radius 1 is 1.31 bits per heavy atom. The summed E-state index contributed by atoms with van der Waals surface area (Å²) in [4.78, 5) is 2.29. The van der Waals surface area contributed by atoms with Gasteiger partial charge in [0, 0.05) is 6.54 Å². The first-order valence-corrected chi connectivity index (χ1v) is 5.09. The van der Waals surface area contributed by atoms with Crippen LogP contribution in [0, 0.1) is 0 Å². The molecule has 1 heterocycles. The van der Waals surface area contributed by atoms with Crippen molar-refractivity contribution in [1.82, 2.24) is 4.90 Å². The Hall–Kier alpha value is -0.340. The summed E-state index contributed by atoms with van der Waals surface area (Å²) in [6, 6.07) is 0. The molecular formula is C11H21NO. The standard InChI is InChI=1S/C11H21NO/c1-10(2)9-11(13)5-4-7-12(3)8-6-11/h9,13H,4-8H2,1-3H3. The molecule has 1 atom stereocenters. The summed E-state index contributed by atoms with van der Waals surface area (Å²) in [5.74, 6) is 0. The predicted molar refractivity (Wildman–Crippen MR) is 55.7 cm³/mol. The van der Waals surface area contributed by atoms with Crippen LogP contribution in [0.5, 0.6) is 0 Å². The lowest BCUT2D eigenvalue weighted by atomic mass is 9.93. The number of aliphatic hydroxyl groups is 1. The molecule has 0 aromatic rings. The second-order valence-corrected chi connectivity index (χ2v) is 4.48. The van der Waals surface area contributed by atoms with Crippen molar-refractivity contribution in [3.05, 3.63) is 11.6 Å². The molecule has 0 aromatic carbocycles. The SMILES string of the molecule is CC(C)=CC1(O)CCCN(C)CC1. The average molecular weight is 183 g/mol. The molecule has 0 saturated carbocycles. The van der Waals surface area contributed by atoms with E-state index in [4.69, 9.17) is 0 Å². The Morgan fingerprint density at radius 3 is 2.62 bits per heavy atom. The fourth-order valence-corrected chi connectivity index (χ4v) is 1.96. The third-order valence-electron chi connectivity index (χ3n) is 2.63.